The maximum Gasteiger partial charge on any atom is 0.266 e. The summed E-state index contributed by atoms with van der Waals surface area (Å²) in [5.41, 5.74) is 1.76. The molecule has 3 nitrogen and oxygen atoms in total. The molecule has 0 bridgehead atoms. The highest BCUT2D eigenvalue weighted by molar-refractivity contribution is 8.26. The molecular weight excluding hydrogens is 398 g/mol. The number of thioether (sulfide) groups is 1. The number of ether oxygens (including phenoxy) is 1. The number of para-hydroxylation sites is 1. The van der Waals surface area contributed by atoms with Crippen LogP contribution in [-0.2, 0) is 11.4 Å². The van der Waals surface area contributed by atoms with Gasteiger partial charge in [0.2, 0.25) is 0 Å². The second kappa shape index (κ2) is 8.91. The van der Waals surface area contributed by atoms with Gasteiger partial charge in [0.1, 0.15) is 16.7 Å². The molecule has 0 spiro atoms. The van der Waals surface area contributed by atoms with E-state index in [1.165, 1.54) is 11.8 Å². The molecule has 0 atom stereocenters. The average molecular weight is 418 g/mol. The van der Waals surface area contributed by atoms with E-state index in [1.807, 2.05) is 54.6 Å². The Kier molecular flexibility index (Phi) is 6.58. The van der Waals surface area contributed by atoms with Crippen molar-refractivity contribution in [2.75, 3.05) is 6.54 Å². The van der Waals surface area contributed by atoms with E-state index in [2.05, 4.69) is 13.8 Å². The zero-order valence-electron chi connectivity index (χ0n) is 15.1. The monoisotopic (exact) mass is 417 g/mol. The Morgan fingerprint density at radius 2 is 1.89 bits per heavy atom. The number of thiocarbonyl (C=S) groups is 1. The van der Waals surface area contributed by atoms with Gasteiger partial charge in [0.05, 0.1) is 4.91 Å². The van der Waals surface area contributed by atoms with Crippen LogP contribution in [0, 0.1) is 5.92 Å². The summed E-state index contributed by atoms with van der Waals surface area (Å²) in [5, 5.41) is 0.671. The Bertz CT molecular complexity index is 895. The number of hydrogen-bond donors (Lipinski definition) is 0. The fourth-order valence-electron chi connectivity index (χ4n) is 2.67. The third-order valence-electron chi connectivity index (χ3n) is 3.97. The third-order valence-corrected chi connectivity index (χ3v) is 5.71. The SMILES string of the molecule is CC(C)CN1C(=O)/C(=C/c2ccccc2OCc2ccccc2Cl)SC1=S. The van der Waals surface area contributed by atoms with Crippen LogP contribution in [0.25, 0.3) is 6.08 Å². The lowest BCUT2D eigenvalue weighted by atomic mass is 10.1. The van der Waals surface area contributed by atoms with Gasteiger partial charge in [-0.3, -0.25) is 9.69 Å². The molecule has 0 saturated carbocycles. The smallest absolute Gasteiger partial charge is 0.266 e. The second-order valence-electron chi connectivity index (χ2n) is 6.60. The highest BCUT2D eigenvalue weighted by atomic mass is 35.5. The minimum absolute atomic E-state index is 0.0420. The van der Waals surface area contributed by atoms with E-state index in [-0.39, 0.29) is 5.91 Å². The highest BCUT2D eigenvalue weighted by Gasteiger charge is 2.32. The van der Waals surface area contributed by atoms with Crippen LogP contribution >= 0.6 is 35.6 Å². The number of hydrogen-bond acceptors (Lipinski definition) is 4. The van der Waals surface area contributed by atoms with Crippen molar-refractivity contribution in [1.82, 2.24) is 4.90 Å². The van der Waals surface area contributed by atoms with Gasteiger partial charge in [0.25, 0.3) is 5.91 Å². The van der Waals surface area contributed by atoms with Crippen molar-refractivity contribution >= 4 is 51.9 Å². The quantitative estimate of drug-likeness (QED) is 0.440. The minimum Gasteiger partial charge on any atom is -0.488 e. The van der Waals surface area contributed by atoms with Crippen molar-refractivity contribution in [3.63, 3.8) is 0 Å². The first-order valence-corrected chi connectivity index (χ1v) is 10.3. The molecule has 3 rings (SSSR count). The maximum absolute atomic E-state index is 12.7. The summed E-state index contributed by atoms with van der Waals surface area (Å²) in [7, 11) is 0. The number of halogens is 1. The van der Waals surface area contributed by atoms with Crippen LogP contribution < -0.4 is 4.74 Å². The summed E-state index contributed by atoms with van der Waals surface area (Å²) in [6.07, 6.45) is 1.85. The zero-order chi connectivity index (χ0) is 19.4. The first kappa shape index (κ1) is 19.9. The van der Waals surface area contributed by atoms with E-state index in [4.69, 9.17) is 28.6 Å². The van der Waals surface area contributed by atoms with Gasteiger partial charge >= 0.3 is 0 Å². The van der Waals surface area contributed by atoms with Gasteiger partial charge in [-0.1, -0.05) is 85.8 Å². The lowest BCUT2D eigenvalue weighted by molar-refractivity contribution is -0.122. The number of amides is 1. The molecule has 1 aliphatic rings. The fraction of sp³-hybridized carbons (Fsp3) is 0.238. The third kappa shape index (κ3) is 4.92. The molecule has 1 amide bonds. The molecular formula is C21H20ClNO2S2. The Morgan fingerprint density at radius 1 is 1.19 bits per heavy atom. The topological polar surface area (TPSA) is 29.5 Å². The molecule has 0 aliphatic carbocycles. The van der Waals surface area contributed by atoms with Crippen LogP contribution in [0.15, 0.2) is 53.4 Å². The summed E-state index contributed by atoms with van der Waals surface area (Å²) < 4.78 is 6.58. The first-order chi connectivity index (χ1) is 13.0. The first-order valence-electron chi connectivity index (χ1n) is 8.66. The number of nitrogens with zero attached hydrogens (tertiary/aromatic N) is 1. The molecule has 0 aromatic heterocycles. The highest BCUT2D eigenvalue weighted by Crippen LogP contribution is 2.34. The standard InChI is InChI=1S/C21H20ClNO2S2/c1-14(2)12-23-20(24)19(27-21(23)26)11-15-7-4-6-10-18(15)25-13-16-8-3-5-9-17(16)22/h3-11,14H,12-13H2,1-2H3/b19-11-. The van der Waals surface area contributed by atoms with E-state index in [0.717, 1.165) is 11.1 Å². The van der Waals surface area contributed by atoms with Gasteiger partial charge in [-0.05, 0) is 24.1 Å². The fourth-order valence-corrected chi connectivity index (χ4v) is 4.12. The van der Waals surface area contributed by atoms with Gasteiger partial charge in [-0.15, -0.1) is 0 Å². The van der Waals surface area contributed by atoms with E-state index < -0.39 is 0 Å². The van der Waals surface area contributed by atoms with Crippen LogP contribution in [0.2, 0.25) is 5.02 Å². The van der Waals surface area contributed by atoms with Gasteiger partial charge in [-0.25, -0.2) is 0 Å². The van der Waals surface area contributed by atoms with Crippen molar-refractivity contribution in [1.29, 1.82) is 0 Å². The van der Waals surface area contributed by atoms with Crippen LogP contribution in [0.4, 0.5) is 0 Å². The predicted molar refractivity (Wildman–Crippen MR) is 117 cm³/mol. The summed E-state index contributed by atoms with van der Waals surface area (Å²) in [4.78, 5) is 15.0. The van der Waals surface area contributed by atoms with Crippen molar-refractivity contribution < 1.29 is 9.53 Å². The largest absolute Gasteiger partial charge is 0.488 e. The Labute approximate surface area is 174 Å². The minimum atomic E-state index is -0.0420. The van der Waals surface area contributed by atoms with Crippen LogP contribution in [0.1, 0.15) is 25.0 Å². The number of carbonyl (C=O) groups is 1. The van der Waals surface area contributed by atoms with Crippen molar-refractivity contribution in [3.8, 4) is 5.75 Å². The van der Waals surface area contributed by atoms with Gasteiger partial charge in [0, 0.05) is 22.7 Å². The molecule has 0 radical (unpaired) electrons. The summed E-state index contributed by atoms with van der Waals surface area (Å²) in [5.74, 6) is 1.02. The molecule has 1 fully saturated rings. The molecule has 2 aromatic carbocycles. The number of carbonyl (C=O) groups excluding carboxylic acids is 1. The van der Waals surface area contributed by atoms with E-state index >= 15 is 0 Å². The second-order valence-corrected chi connectivity index (χ2v) is 8.69. The van der Waals surface area contributed by atoms with Crippen LogP contribution in [-0.4, -0.2) is 21.7 Å². The molecule has 0 unspecified atom stereocenters. The van der Waals surface area contributed by atoms with Crippen molar-refractivity contribution in [2.24, 2.45) is 5.92 Å². The molecule has 6 heteroatoms. The summed E-state index contributed by atoms with van der Waals surface area (Å²) in [6.45, 7) is 5.13. The van der Waals surface area contributed by atoms with E-state index in [9.17, 15) is 4.79 Å². The predicted octanol–water partition coefficient (Wildman–Crippen LogP) is 5.78. The number of rotatable bonds is 6. The molecule has 2 aromatic rings. The average Bonchev–Trinajstić information content (AvgIpc) is 2.89. The van der Waals surface area contributed by atoms with Crippen LogP contribution in [0.3, 0.4) is 0 Å². The normalized spacial score (nSPS) is 15.9. The van der Waals surface area contributed by atoms with Gasteiger partial charge in [0.15, 0.2) is 0 Å². The zero-order valence-corrected chi connectivity index (χ0v) is 17.5. The van der Waals surface area contributed by atoms with E-state index in [1.54, 1.807) is 4.90 Å². The van der Waals surface area contributed by atoms with Crippen LogP contribution in [0.5, 0.6) is 5.75 Å². The molecule has 1 heterocycles. The molecule has 1 aliphatic heterocycles. The van der Waals surface area contributed by atoms with Gasteiger partial charge in [-0.2, -0.15) is 0 Å². The molecule has 140 valence electrons. The van der Waals surface area contributed by atoms with Crippen molar-refractivity contribution in [2.45, 2.75) is 20.5 Å². The van der Waals surface area contributed by atoms with Crippen molar-refractivity contribution in [3.05, 3.63) is 69.6 Å². The van der Waals surface area contributed by atoms with Gasteiger partial charge < -0.3 is 4.74 Å². The lowest BCUT2D eigenvalue weighted by Crippen LogP contribution is -2.31. The summed E-state index contributed by atoms with van der Waals surface area (Å²) in [6, 6.07) is 15.2. The Hall–Kier alpha value is -1.82. The van der Waals surface area contributed by atoms with E-state index in [0.29, 0.717) is 39.1 Å². The Morgan fingerprint density at radius 3 is 2.63 bits per heavy atom. The lowest BCUT2D eigenvalue weighted by Gasteiger charge is -2.16. The molecule has 1 saturated heterocycles. The number of benzene rings is 2. The summed E-state index contributed by atoms with van der Waals surface area (Å²) >= 11 is 12.9. The Balaban J connectivity index is 1.80. The molecule has 0 N–H and O–H groups in total. The molecule has 27 heavy (non-hydrogen) atoms. The maximum atomic E-state index is 12.7.